The lowest BCUT2D eigenvalue weighted by Crippen LogP contribution is -2.72. The monoisotopic (exact) mass is 864 g/mol. The number of hydrogen-bond donors (Lipinski definition) is 0. The average Bonchev–Trinajstić information content (AvgIpc) is 4.03. The molecule has 0 unspecified atom stereocenters. The van der Waals surface area contributed by atoms with Gasteiger partial charge in [-0.05, 0) is 120 Å². The van der Waals surface area contributed by atoms with Gasteiger partial charge in [-0.3, -0.25) is 0 Å². The maximum atomic E-state index is 9.23. The smallest absolute Gasteiger partial charge is 0.180 e. The Labute approximate surface area is 395 Å². The molecule has 2 heterocycles. The summed E-state index contributed by atoms with van der Waals surface area (Å²) in [6.45, 7) is -5.91. The van der Waals surface area contributed by atoms with Gasteiger partial charge in [0.15, 0.2) is 8.07 Å². The molecule has 13 rings (SSSR count). The van der Waals surface area contributed by atoms with Crippen LogP contribution in [-0.4, -0.2) is 12.6 Å². The Hall–Kier alpha value is -7.98. The van der Waals surface area contributed by atoms with E-state index < -0.39 is 27.2 Å². The van der Waals surface area contributed by atoms with Crippen LogP contribution in [0, 0.1) is 0 Å². The normalized spacial score (nSPS) is 15.6. The highest BCUT2D eigenvalue weighted by Gasteiger charge is 2.48. The molecule has 0 N–H and O–H groups in total. The van der Waals surface area contributed by atoms with Gasteiger partial charge in [-0.2, -0.15) is 0 Å². The van der Waals surface area contributed by atoms with Crippen LogP contribution in [0.4, 0.5) is 17.1 Å². The molecule has 1 aliphatic heterocycles. The van der Waals surface area contributed by atoms with Gasteiger partial charge in [0.2, 0.25) is 0 Å². The van der Waals surface area contributed by atoms with Crippen molar-refractivity contribution in [2.75, 3.05) is 4.90 Å². The zero-order valence-corrected chi connectivity index (χ0v) is 37.0. The van der Waals surface area contributed by atoms with E-state index in [1.165, 1.54) is 31.9 Å². The fraction of sp³-hybridized carbons (Fsp3) is 0.0476. The van der Waals surface area contributed by atoms with E-state index in [0.717, 1.165) is 50.0 Å². The molecule has 66 heavy (non-hydrogen) atoms. The van der Waals surface area contributed by atoms with E-state index >= 15 is 0 Å². The van der Waals surface area contributed by atoms with Gasteiger partial charge in [0.05, 0.1) is 16.7 Å². The lowest BCUT2D eigenvalue weighted by molar-refractivity contribution is 0.661. The molecule has 312 valence electrons. The quantitative estimate of drug-likeness (QED) is 0.145. The molecule has 0 bridgehead atoms. The highest BCUT2D eigenvalue weighted by atomic mass is 28.3. The van der Waals surface area contributed by atoms with Crippen molar-refractivity contribution < 1.29 is 8.22 Å². The minimum absolute atomic E-state index is 0.267. The number of anilines is 3. The van der Waals surface area contributed by atoms with Crippen molar-refractivity contribution in [3.63, 3.8) is 0 Å². The number of hydrogen-bond acceptors (Lipinski definition) is 1. The second kappa shape index (κ2) is 14.8. The minimum Gasteiger partial charge on any atom is -0.310 e. The third-order valence-corrected chi connectivity index (χ3v) is 19.0. The maximum Gasteiger partial charge on any atom is 0.180 e. The van der Waals surface area contributed by atoms with Gasteiger partial charge in [-0.25, -0.2) is 0 Å². The van der Waals surface area contributed by atoms with Gasteiger partial charge in [0.1, 0.15) is 0 Å². The van der Waals surface area contributed by atoms with E-state index in [2.05, 4.69) is 185 Å². The number of aromatic nitrogens is 1. The van der Waals surface area contributed by atoms with Crippen LogP contribution >= 0.6 is 0 Å². The zero-order valence-electron chi connectivity index (χ0n) is 42.0. The molecule has 0 radical (unpaired) electrons. The highest BCUT2D eigenvalue weighted by molar-refractivity contribution is 7.22. The summed E-state index contributed by atoms with van der Waals surface area (Å²) < 4.78 is 57.6. The molecule has 0 amide bonds. The van der Waals surface area contributed by atoms with Crippen LogP contribution < -0.4 is 25.6 Å². The number of para-hydroxylation sites is 2. The van der Waals surface area contributed by atoms with Crippen molar-refractivity contribution in [2.24, 2.45) is 0 Å². The lowest BCUT2D eigenvalue weighted by Gasteiger charge is -2.32. The van der Waals surface area contributed by atoms with Gasteiger partial charge in [0.25, 0.3) is 0 Å². The van der Waals surface area contributed by atoms with Crippen molar-refractivity contribution >= 4 is 67.7 Å². The van der Waals surface area contributed by atoms with Crippen molar-refractivity contribution in [3.05, 3.63) is 254 Å². The molecular weight excluding hydrogens is 813 g/mol. The minimum atomic E-state index is -2.95. The van der Waals surface area contributed by atoms with Crippen molar-refractivity contribution in [2.45, 2.75) is 19.1 Å². The van der Waals surface area contributed by atoms with Crippen LogP contribution in [-0.2, 0) is 5.41 Å². The first kappa shape index (κ1) is 32.6. The Balaban J connectivity index is 1.02. The molecule has 2 nitrogen and oxygen atoms in total. The molecule has 0 saturated heterocycles. The Kier molecular flexibility index (Phi) is 7.31. The summed E-state index contributed by atoms with van der Waals surface area (Å²) in [5.41, 5.74) is 9.21. The summed E-state index contributed by atoms with van der Waals surface area (Å²) in [5.74, 6) is 0. The second-order valence-corrected chi connectivity index (χ2v) is 21.3. The first-order valence-corrected chi connectivity index (χ1v) is 24.6. The Morgan fingerprint density at radius 1 is 0.424 bits per heavy atom. The molecule has 1 aliphatic carbocycles. The summed E-state index contributed by atoms with van der Waals surface area (Å²) in [6, 6.07) is 84.1. The molecule has 3 heteroatoms. The predicted octanol–water partition coefficient (Wildman–Crippen LogP) is 13.6. The van der Waals surface area contributed by atoms with Crippen LogP contribution in [0.5, 0.6) is 0 Å². The van der Waals surface area contributed by atoms with E-state index in [1.54, 1.807) is 12.1 Å². The largest absolute Gasteiger partial charge is 0.310 e. The van der Waals surface area contributed by atoms with Gasteiger partial charge >= 0.3 is 0 Å². The first-order chi connectivity index (χ1) is 35.0. The lowest BCUT2D eigenvalue weighted by atomic mass is 9.81. The van der Waals surface area contributed by atoms with E-state index in [9.17, 15) is 8.22 Å². The summed E-state index contributed by atoms with van der Waals surface area (Å²) in [7, 11) is -2.75. The first-order valence-electron chi connectivity index (χ1n) is 25.6. The van der Waals surface area contributed by atoms with E-state index in [1.807, 2.05) is 54.6 Å². The standard InChI is InChI=1S/C63H46N2Si/c1-63(2)56-30-13-9-25-50(56)54-29-18-32-59(62(54)63)64(47-39-40-58-55(42-47)51-26-10-14-31-57(51)65(58)45-20-5-3-6-21-45)46-37-35-43(36-38-46)44-19-17-24-49(41-44)66(48-22-7-4-8-23-48)60-33-15-11-27-52(60)53-28-12-16-34-61(53)66/h3-42H,1-2H3/i1D3,2D3. The number of benzene rings is 10. The van der Waals surface area contributed by atoms with Gasteiger partial charge < -0.3 is 9.47 Å². The van der Waals surface area contributed by atoms with Crippen molar-refractivity contribution in [1.29, 1.82) is 0 Å². The average molecular weight is 865 g/mol. The predicted molar refractivity (Wildman–Crippen MR) is 281 cm³/mol. The van der Waals surface area contributed by atoms with Gasteiger partial charge in [-0.1, -0.05) is 202 Å². The fourth-order valence-electron chi connectivity index (χ4n) is 11.4. The summed E-state index contributed by atoms with van der Waals surface area (Å²) in [6.07, 6.45) is 0. The Morgan fingerprint density at radius 2 is 1.02 bits per heavy atom. The van der Waals surface area contributed by atoms with E-state index in [0.29, 0.717) is 16.8 Å². The number of nitrogens with zero attached hydrogens (tertiary/aromatic N) is 2. The van der Waals surface area contributed by atoms with Crippen molar-refractivity contribution in [3.8, 4) is 39.1 Å². The Morgan fingerprint density at radius 3 is 1.77 bits per heavy atom. The third kappa shape index (κ3) is 5.54. The van der Waals surface area contributed by atoms with Crippen molar-refractivity contribution in [1.82, 2.24) is 4.57 Å². The molecule has 0 fully saturated rings. The molecular formula is C63H46N2Si. The van der Waals surface area contributed by atoms with Crippen LogP contribution in [0.25, 0.3) is 60.9 Å². The van der Waals surface area contributed by atoms with Crippen LogP contribution in [0.1, 0.15) is 33.1 Å². The summed E-state index contributed by atoms with van der Waals surface area (Å²) >= 11 is 0. The molecule has 0 atom stereocenters. The Bertz CT molecular complexity index is 3860. The van der Waals surface area contributed by atoms with Crippen LogP contribution in [0.3, 0.4) is 0 Å². The van der Waals surface area contributed by atoms with Crippen LogP contribution in [0.15, 0.2) is 243 Å². The van der Waals surface area contributed by atoms with E-state index in [4.69, 9.17) is 0 Å². The third-order valence-electron chi connectivity index (χ3n) is 14.1. The maximum absolute atomic E-state index is 9.23. The molecule has 0 saturated carbocycles. The molecule has 0 spiro atoms. The highest BCUT2D eigenvalue weighted by Crippen LogP contribution is 2.54. The molecule has 11 aromatic rings. The SMILES string of the molecule is [2H]C([2H])([2H])C1(C([2H])([2H])[2H])c2ccccc2-c2cccc(N(c3ccc(-c4cccc([Si]5(c6ccccc6)c6ccccc6-c6ccccc65)c4)cc3)c3ccc4c(c3)c3ccccc3n4-c3ccccc3)c21. The number of fused-ring (bicyclic) bond motifs is 9. The second-order valence-electron chi connectivity index (χ2n) is 17.6. The van der Waals surface area contributed by atoms with Gasteiger partial charge in [0, 0.05) is 41.5 Å². The van der Waals surface area contributed by atoms with Crippen LogP contribution in [0.2, 0.25) is 0 Å². The molecule has 10 aromatic carbocycles. The summed E-state index contributed by atoms with van der Waals surface area (Å²) in [5, 5.41) is 7.45. The number of rotatable bonds is 7. The van der Waals surface area contributed by atoms with E-state index in [-0.39, 0.29) is 11.1 Å². The molecule has 2 aliphatic rings. The fourth-order valence-corrected chi connectivity index (χ4v) is 16.6. The summed E-state index contributed by atoms with van der Waals surface area (Å²) in [4.78, 5) is 2.06. The van der Waals surface area contributed by atoms with Gasteiger partial charge in [-0.15, -0.1) is 0 Å². The molecule has 1 aromatic heterocycles. The zero-order chi connectivity index (χ0) is 49.0. The topological polar surface area (TPSA) is 8.17 Å².